The zero-order chi connectivity index (χ0) is 45.8. The highest BCUT2D eigenvalue weighted by Crippen LogP contribution is 2.44. The predicted molar refractivity (Wildman–Crippen MR) is 229 cm³/mol. The first-order valence-electron chi connectivity index (χ1n) is 20.5. The number of hydrogen-bond acceptors (Lipinski definition) is 15. The van der Waals surface area contributed by atoms with Crippen LogP contribution in [-0.2, 0) is 68.3 Å². The van der Waals surface area contributed by atoms with E-state index in [0.717, 1.165) is 60.4 Å². The molecule has 3 aromatic rings. The van der Waals surface area contributed by atoms with E-state index in [1.807, 2.05) is 78.9 Å². The number of ether oxygens (including phenoxy) is 7. The maximum Gasteiger partial charge on any atom is 0.407 e. The first-order chi connectivity index (χ1) is 29.9. The zero-order valence-corrected chi connectivity index (χ0v) is 37.1. The zero-order valence-electron chi connectivity index (χ0n) is 36.3. The second kappa shape index (κ2) is 21.9. The van der Waals surface area contributed by atoms with E-state index in [1.165, 1.54) is 6.92 Å². The summed E-state index contributed by atoms with van der Waals surface area (Å²) in [5, 5.41) is 5.55. The number of benzene rings is 3. The van der Waals surface area contributed by atoms with Crippen LogP contribution in [0.15, 0.2) is 78.9 Å². The molecular formula is C46H54N2O14S. The van der Waals surface area contributed by atoms with Crippen LogP contribution in [0, 0.1) is 0 Å². The minimum atomic E-state index is -1.44. The molecule has 1 fully saturated rings. The molecule has 1 saturated heterocycles. The number of fused-ring (bicyclic) bond motifs is 3. The molecule has 0 radical (unpaired) electrons. The molecule has 2 aliphatic rings. The summed E-state index contributed by atoms with van der Waals surface area (Å²) in [5.74, 6) is -4.63. The van der Waals surface area contributed by atoms with Gasteiger partial charge in [-0.15, -0.1) is 11.8 Å². The van der Waals surface area contributed by atoms with Crippen LogP contribution in [0.1, 0.15) is 77.5 Å². The molecular weight excluding hydrogens is 837 g/mol. The maximum absolute atomic E-state index is 14.3. The first-order valence-corrected chi connectivity index (χ1v) is 21.5. The molecule has 1 heterocycles. The SMILES string of the molecule is CC(=O)OC[C@H]1O[C@H](SC[C@H](Cc2ccccc2)NC(=O)[C@H](CC(=O)OC(C)(C)C)NC(=O)OCC2c3ccccc3-c3ccccc32)[C@@H](OC(C)=O)[C@@H](OC(C)=O)[C@@H]1OC(C)=O. The van der Waals surface area contributed by atoms with Crippen molar-refractivity contribution in [2.45, 2.75) is 115 Å². The van der Waals surface area contributed by atoms with Crippen LogP contribution in [0.25, 0.3) is 11.1 Å². The highest BCUT2D eigenvalue weighted by molar-refractivity contribution is 7.99. The van der Waals surface area contributed by atoms with Crippen LogP contribution >= 0.6 is 11.8 Å². The molecule has 0 spiro atoms. The van der Waals surface area contributed by atoms with Gasteiger partial charge in [-0.25, -0.2) is 4.79 Å². The molecule has 0 saturated carbocycles. The van der Waals surface area contributed by atoms with Gasteiger partial charge in [0, 0.05) is 45.4 Å². The summed E-state index contributed by atoms with van der Waals surface area (Å²) >= 11 is 1.07. The molecule has 2 amide bonds. The third-order valence-corrected chi connectivity index (χ3v) is 11.1. The third-order valence-electron chi connectivity index (χ3n) is 9.82. The Morgan fingerprint density at radius 2 is 1.22 bits per heavy atom. The number of carbonyl (C=O) groups is 7. The van der Waals surface area contributed by atoms with Gasteiger partial charge >= 0.3 is 35.9 Å². The lowest BCUT2D eigenvalue weighted by Gasteiger charge is -2.44. The molecule has 16 nitrogen and oxygen atoms in total. The molecule has 5 rings (SSSR count). The Kier molecular flexibility index (Phi) is 16.7. The molecule has 1 aliphatic carbocycles. The van der Waals surface area contributed by atoms with Crippen molar-refractivity contribution in [2.75, 3.05) is 19.0 Å². The molecule has 17 heteroatoms. The van der Waals surface area contributed by atoms with Crippen LogP contribution in [0.5, 0.6) is 0 Å². The number of esters is 5. The lowest BCUT2D eigenvalue weighted by molar-refractivity contribution is -0.237. The second-order valence-corrected chi connectivity index (χ2v) is 17.2. The smallest absolute Gasteiger partial charge is 0.407 e. The Morgan fingerprint density at radius 1 is 0.667 bits per heavy atom. The van der Waals surface area contributed by atoms with Crippen molar-refractivity contribution < 1.29 is 66.7 Å². The molecule has 7 atom stereocenters. The maximum atomic E-state index is 14.3. The second-order valence-electron chi connectivity index (χ2n) is 16.1. The summed E-state index contributed by atoms with van der Waals surface area (Å²) in [6, 6.07) is 22.7. The van der Waals surface area contributed by atoms with E-state index < -0.39 is 102 Å². The fraction of sp³-hybridized carbons (Fsp3) is 0.457. The number of rotatable bonds is 17. The fourth-order valence-corrected chi connectivity index (χ4v) is 8.67. The van der Waals surface area contributed by atoms with Crippen molar-refractivity contribution in [3.05, 3.63) is 95.6 Å². The molecule has 0 bridgehead atoms. The van der Waals surface area contributed by atoms with Crippen molar-refractivity contribution >= 4 is 53.6 Å². The number of alkyl carbamates (subject to hydrolysis) is 1. The van der Waals surface area contributed by atoms with E-state index in [0.29, 0.717) is 0 Å². The summed E-state index contributed by atoms with van der Waals surface area (Å²) < 4.78 is 39.5. The Hall–Kier alpha value is -5.94. The van der Waals surface area contributed by atoms with Crippen molar-refractivity contribution in [3.63, 3.8) is 0 Å². The van der Waals surface area contributed by atoms with Gasteiger partial charge in [0.25, 0.3) is 0 Å². The number of nitrogens with one attached hydrogen (secondary N) is 2. The molecule has 63 heavy (non-hydrogen) atoms. The van der Waals surface area contributed by atoms with Crippen LogP contribution in [0.3, 0.4) is 0 Å². The summed E-state index contributed by atoms with van der Waals surface area (Å²) in [4.78, 5) is 90.0. The summed E-state index contributed by atoms with van der Waals surface area (Å²) in [7, 11) is 0. The minimum Gasteiger partial charge on any atom is -0.463 e. The van der Waals surface area contributed by atoms with E-state index in [2.05, 4.69) is 10.6 Å². The Balaban J connectivity index is 1.39. The highest BCUT2D eigenvalue weighted by atomic mass is 32.2. The normalized spacial score (nSPS) is 20.1. The number of carbonyl (C=O) groups excluding carboxylic acids is 7. The van der Waals surface area contributed by atoms with Gasteiger partial charge in [-0.1, -0.05) is 78.9 Å². The Morgan fingerprint density at radius 3 is 1.79 bits per heavy atom. The van der Waals surface area contributed by atoms with Gasteiger partial charge in [-0.3, -0.25) is 28.8 Å². The minimum absolute atomic E-state index is 0.0378. The number of amides is 2. The van der Waals surface area contributed by atoms with Crippen LogP contribution in [-0.4, -0.2) is 108 Å². The summed E-state index contributed by atoms with van der Waals surface area (Å²) in [6.45, 7) is 9.17. The molecule has 338 valence electrons. The molecule has 2 N–H and O–H groups in total. The van der Waals surface area contributed by atoms with E-state index in [4.69, 9.17) is 33.2 Å². The Labute approximate surface area is 370 Å². The number of hydrogen-bond donors (Lipinski definition) is 2. The molecule has 0 aromatic heterocycles. The van der Waals surface area contributed by atoms with Crippen molar-refractivity contribution in [3.8, 4) is 11.1 Å². The standard InChI is InChI=1S/C46H54N2O14S/c1-26(49)56-24-38-40(58-27(2)50)41(59-28(3)51)42(60-29(4)52)44(61-38)63-25-31(21-30-15-9-8-10-16-30)47-43(54)37(22-39(53)62-46(5,6)7)48-45(55)57-23-36-34-19-13-11-17-32(34)33-18-12-14-20-35(33)36/h8-20,31,36-38,40-42,44H,21-25H2,1-7H3,(H,47,54)(H,48,55)/t31-,37-,38+,40+,41-,42-,44+/m0/s1. The monoisotopic (exact) mass is 890 g/mol. The highest BCUT2D eigenvalue weighted by Gasteiger charge is 2.52. The van der Waals surface area contributed by atoms with Crippen molar-refractivity contribution in [1.82, 2.24) is 10.6 Å². The van der Waals surface area contributed by atoms with Gasteiger partial charge in [0.2, 0.25) is 5.91 Å². The average Bonchev–Trinajstić information content (AvgIpc) is 3.52. The lowest BCUT2D eigenvalue weighted by Crippen LogP contribution is -2.61. The van der Waals surface area contributed by atoms with Gasteiger partial charge in [-0.2, -0.15) is 0 Å². The van der Waals surface area contributed by atoms with Gasteiger partial charge in [-0.05, 0) is 55.0 Å². The largest absolute Gasteiger partial charge is 0.463 e. The van der Waals surface area contributed by atoms with Gasteiger partial charge in [0.15, 0.2) is 18.3 Å². The van der Waals surface area contributed by atoms with E-state index in [-0.39, 0.29) is 24.7 Å². The molecule has 0 unspecified atom stereocenters. The topological polar surface area (TPSA) is 208 Å². The quantitative estimate of drug-likeness (QED) is 0.132. The van der Waals surface area contributed by atoms with E-state index in [9.17, 15) is 33.6 Å². The van der Waals surface area contributed by atoms with Crippen LogP contribution in [0.4, 0.5) is 4.79 Å². The van der Waals surface area contributed by atoms with Crippen LogP contribution < -0.4 is 10.6 Å². The van der Waals surface area contributed by atoms with Gasteiger partial charge < -0.3 is 43.8 Å². The summed E-state index contributed by atoms with van der Waals surface area (Å²) in [6.07, 6.45) is -6.45. The van der Waals surface area contributed by atoms with Crippen molar-refractivity contribution in [2.24, 2.45) is 0 Å². The average molecular weight is 891 g/mol. The number of thioether (sulfide) groups is 1. The van der Waals surface area contributed by atoms with Crippen molar-refractivity contribution in [1.29, 1.82) is 0 Å². The van der Waals surface area contributed by atoms with Gasteiger partial charge in [0.05, 0.1) is 6.42 Å². The Bertz CT molecular complexity index is 2080. The van der Waals surface area contributed by atoms with E-state index >= 15 is 0 Å². The molecule has 3 aromatic carbocycles. The fourth-order valence-electron chi connectivity index (χ4n) is 7.43. The van der Waals surface area contributed by atoms with E-state index in [1.54, 1.807) is 20.8 Å². The molecule has 1 aliphatic heterocycles. The third kappa shape index (κ3) is 14.0. The lowest BCUT2D eigenvalue weighted by atomic mass is 9.98. The first kappa shape index (κ1) is 48.1. The van der Waals surface area contributed by atoms with Gasteiger partial charge in [0.1, 0.15) is 36.4 Å². The summed E-state index contributed by atoms with van der Waals surface area (Å²) in [5.41, 5.74) is 2.86. The predicted octanol–water partition coefficient (Wildman–Crippen LogP) is 5.17. The van der Waals surface area contributed by atoms with Crippen LogP contribution in [0.2, 0.25) is 0 Å².